The number of nitrogens with zero attached hydrogens (tertiary/aromatic N) is 2. The first-order valence-corrected chi connectivity index (χ1v) is 9.34. The molecule has 2 aromatic rings. The predicted molar refractivity (Wildman–Crippen MR) is 101 cm³/mol. The van der Waals surface area contributed by atoms with Crippen molar-refractivity contribution in [1.29, 1.82) is 0 Å². The summed E-state index contributed by atoms with van der Waals surface area (Å²) in [5.74, 6) is 0.250. The molecule has 1 amide bonds. The first-order chi connectivity index (χ1) is 12.2. The summed E-state index contributed by atoms with van der Waals surface area (Å²) in [6.07, 6.45) is 4.12. The number of hydrogen-bond acceptors (Lipinski definition) is 2. The lowest BCUT2D eigenvalue weighted by molar-refractivity contribution is -0.135. The maximum Gasteiger partial charge on any atom is 0.227 e. The van der Waals surface area contributed by atoms with Gasteiger partial charge in [-0.1, -0.05) is 48.5 Å². The van der Waals surface area contributed by atoms with E-state index in [-0.39, 0.29) is 11.9 Å². The minimum Gasteiger partial charge on any atom is -0.333 e. The summed E-state index contributed by atoms with van der Waals surface area (Å²) in [6.45, 7) is 2.65. The predicted octanol–water partition coefficient (Wildman–Crippen LogP) is 3.23. The third kappa shape index (κ3) is 3.47. The highest BCUT2D eigenvalue weighted by Crippen LogP contribution is 2.27. The van der Waals surface area contributed by atoms with Crippen molar-refractivity contribution in [3.05, 3.63) is 70.8 Å². The van der Waals surface area contributed by atoms with Gasteiger partial charge in [-0.3, -0.25) is 4.79 Å². The van der Waals surface area contributed by atoms with Crippen LogP contribution < -0.4 is 0 Å². The number of hydrogen-bond donors (Lipinski definition) is 0. The molecule has 3 heteroatoms. The van der Waals surface area contributed by atoms with E-state index in [1.165, 1.54) is 36.0 Å². The smallest absolute Gasteiger partial charge is 0.227 e. The van der Waals surface area contributed by atoms with Gasteiger partial charge in [0.1, 0.15) is 0 Å². The number of carbonyl (C=O) groups is 1. The Morgan fingerprint density at radius 3 is 2.68 bits per heavy atom. The highest BCUT2D eigenvalue weighted by Gasteiger charge is 2.30. The molecule has 1 heterocycles. The SMILES string of the molecule is CN1CCN(C(=O)Cc2ccc3c(c2)CCC3)[C@@H](c2ccccc2)C1. The van der Waals surface area contributed by atoms with Gasteiger partial charge in [-0.25, -0.2) is 0 Å². The summed E-state index contributed by atoms with van der Waals surface area (Å²) in [5, 5.41) is 0. The zero-order valence-corrected chi connectivity index (χ0v) is 14.9. The number of benzene rings is 2. The molecule has 0 aromatic heterocycles. The summed E-state index contributed by atoms with van der Waals surface area (Å²) in [6, 6.07) is 17.2. The fourth-order valence-electron chi connectivity index (χ4n) is 4.19. The molecule has 0 N–H and O–H groups in total. The van der Waals surface area contributed by atoms with Gasteiger partial charge >= 0.3 is 0 Å². The fourth-order valence-corrected chi connectivity index (χ4v) is 4.19. The number of piperazine rings is 1. The Kier molecular flexibility index (Phi) is 4.58. The van der Waals surface area contributed by atoms with E-state index in [0.717, 1.165) is 25.2 Å². The molecule has 1 saturated heterocycles. The molecule has 3 nitrogen and oxygen atoms in total. The topological polar surface area (TPSA) is 23.6 Å². The van der Waals surface area contributed by atoms with Gasteiger partial charge in [-0.2, -0.15) is 0 Å². The van der Waals surface area contributed by atoms with Crippen LogP contribution >= 0.6 is 0 Å². The second-order valence-corrected chi connectivity index (χ2v) is 7.41. The van der Waals surface area contributed by atoms with E-state index < -0.39 is 0 Å². The normalized spacial score (nSPS) is 20.5. The Bertz CT molecular complexity index is 756. The van der Waals surface area contributed by atoms with Crippen LogP contribution in [-0.2, 0) is 24.1 Å². The molecular formula is C22H26N2O. The zero-order valence-electron chi connectivity index (χ0n) is 14.9. The minimum atomic E-state index is 0.155. The highest BCUT2D eigenvalue weighted by molar-refractivity contribution is 5.79. The maximum atomic E-state index is 13.1. The number of aryl methyl sites for hydroxylation is 2. The van der Waals surface area contributed by atoms with Crippen molar-refractivity contribution in [2.45, 2.75) is 31.7 Å². The Balaban J connectivity index is 1.53. The Labute approximate surface area is 150 Å². The van der Waals surface area contributed by atoms with Gasteiger partial charge in [0.05, 0.1) is 12.5 Å². The Morgan fingerprint density at radius 2 is 1.84 bits per heavy atom. The van der Waals surface area contributed by atoms with Gasteiger partial charge in [0.2, 0.25) is 5.91 Å². The van der Waals surface area contributed by atoms with Crippen LogP contribution in [0.5, 0.6) is 0 Å². The quantitative estimate of drug-likeness (QED) is 0.860. The van der Waals surface area contributed by atoms with Gasteiger partial charge in [0, 0.05) is 19.6 Å². The molecule has 25 heavy (non-hydrogen) atoms. The molecule has 2 aliphatic rings. The van der Waals surface area contributed by atoms with E-state index in [1.54, 1.807) is 0 Å². The lowest BCUT2D eigenvalue weighted by Gasteiger charge is -2.40. The molecule has 1 aliphatic heterocycles. The van der Waals surface area contributed by atoms with Crippen LogP contribution in [0, 0.1) is 0 Å². The molecule has 1 fully saturated rings. The van der Waals surface area contributed by atoms with Crippen LogP contribution in [0.4, 0.5) is 0 Å². The Hall–Kier alpha value is -2.13. The summed E-state index contributed by atoms with van der Waals surface area (Å²) >= 11 is 0. The molecule has 1 aliphatic carbocycles. The van der Waals surface area contributed by atoms with Crippen molar-refractivity contribution in [2.75, 3.05) is 26.7 Å². The van der Waals surface area contributed by atoms with E-state index in [1.807, 2.05) is 6.07 Å². The van der Waals surface area contributed by atoms with Crippen LogP contribution in [0.2, 0.25) is 0 Å². The van der Waals surface area contributed by atoms with Crippen molar-refractivity contribution in [2.24, 2.45) is 0 Å². The van der Waals surface area contributed by atoms with Crippen LogP contribution in [0.1, 0.15) is 34.7 Å². The van der Waals surface area contributed by atoms with Crippen LogP contribution in [0.15, 0.2) is 48.5 Å². The van der Waals surface area contributed by atoms with E-state index in [2.05, 4.69) is 59.3 Å². The first-order valence-electron chi connectivity index (χ1n) is 9.34. The molecule has 0 spiro atoms. The van der Waals surface area contributed by atoms with Gasteiger partial charge in [-0.15, -0.1) is 0 Å². The number of likely N-dealkylation sites (N-methyl/N-ethyl adjacent to an activating group) is 1. The van der Waals surface area contributed by atoms with Gasteiger partial charge < -0.3 is 9.80 Å². The maximum absolute atomic E-state index is 13.1. The Morgan fingerprint density at radius 1 is 1.04 bits per heavy atom. The lowest BCUT2D eigenvalue weighted by atomic mass is 10.00. The van der Waals surface area contributed by atoms with Crippen molar-refractivity contribution in [3.8, 4) is 0 Å². The zero-order chi connectivity index (χ0) is 17.2. The molecule has 0 unspecified atom stereocenters. The summed E-state index contributed by atoms with van der Waals surface area (Å²) in [4.78, 5) is 17.5. The highest BCUT2D eigenvalue weighted by atomic mass is 16.2. The fraction of sp³-hybridized carbons (Fsp3) is 0.409. The summed E-state index contributed by atoms with van der Waals surface area (Å²) in [7, 11) is 2.14. The number of fused-ring (bicyclic) bond motifs is 1. The lowest BCUT2D eigenvalue weighted by Crippen LogP contribution is -2.49. The average molecular weight is 334 g/mol. The van der Waals surface area contributed by atoms with Crippen LogP contribution in [-0.4, -0.2) is 42.4 Å². The monoisotopic (exact) mass is 334 g/mol. The third-order valence-electron chi connectivity index (χ3n) is 5.61. The number of amides is 1. The number of rotatable bonds is 3. The molecule has 0 radical (unpaired) electrons. The van der Waals surface area contributed by atoms with Gasteiger partial charge in [0.15, 0.2) is 0 Å². The molecule has 1 atom stereocenters. The molecule has 0 saturated carbocycles. The molecule has 130 valence electrons. The van der Waals surface area contributed by atoms with E-state index in [4.69, 9.17) is 0 Å². The van der Waals surface area contributed by atoms with E-state index >= 15 is 0 Å². The average Bonchev–Trinajstić information content (AvgIpc) is 3.10. The van der Waals surface area contributed by atoms with Crippen molar-refractivity contribution < 1.29 is 4.79 Å². The third-order valence-corrected chi connectivity index (χ3v) is 5.61. The molecule has 0 bridgehead atoms. The minimum absolute atomic E-state index is 0.155. The van der Waals surface area contributed by atoms with Gasteiger partial charge in [0.25, 0.3) is 0 Å². The second kappa shape index (κ2) is 7.01. The summed E-state index contributed by atoms with van der Waals surface area (Å²) in [5.41, 5.74) is 5.31. The molecular weight excluding hydrogens is 308 g/mol. The second-order valence-electron chi connectivity index (χ2n) is 7.41. The van der Waals surface area contributed by atoms with Crippen LogP contribution in [0.25, 0.3) is 0 Å². The van der Waals surface area contributed by atoms with Crippen molar-refractivity contribution >= 4 is 5.91 Å². The van der Waals surface area contributed by atoms with Gasteiger partial charge in [-0.05, 0) is 48.6 Å². The van der Waals surface area contributed by atoms with E-state index in [0.29, 0.717) is 6.42 Å². The van der Waals surface area contributed by atoms with E-state index in [9.17, 15) is 4.79 Å². The largest absolute Gasteiger partial charge is 0.333 e. The first kappa shape index (κ1) is 16.3. The number of carbonyl (C=O) groups excluding carboxylic acids is 1. The van der Waals surface area contributed by atoms with Crippen molar-refractivity contribution in [1.82, 2.24) is 9.80 Å². The molecule has 4 rings (SSSR count). The standard InChI is InChI=1S/C22H26N2O/c1-23-12-13-24(21(16-23)19-6-3-2-4-7-19)22(25)15-17-10-11-18-8-5-9-20(18)14-17/h2-4,6-7,10-11,14,21H,5,8-9,12-13,15-16H2,1H3/t21-/m1/s1. The molecule has 2 aromatic carbocycles. The van der Waals surface area contributed by atoms with Crippen molar-refractivity contribution in [3.63, 3.8) is 0 Å². The van der Waals surface area contributed by atoms with Crippen LogP contribution in [0.3, 0.4) is 0 Å². The summed E-state index contributed by atoms with van der Waals surface area (Å²) < 4.78 is 0.